The Kier molecular flexibility index (Phi) is 10.1. The van der Waals surface area contributed by atoms with Crippen molar-refractivity contribution in [2.45, 2.75) is 64.3 Å². The molecule has 51 heavy (non-hydrogen) atoms. The van der Waals surface area contributed by atoms with Crippen LogP contribution in [0.25, 0.3) is 0 Å². The van der Waals surface area contributed by atoms with E-state index in [1.165, 1.54) is 16.8 Å². The fourth-order valence-electron chi connectivity index (χ4n) is 8.21. The predicted octanol–water partition coefficient (Wildman–Crippen LogP) is 5.16. The summed E-state index contributed by atoms with van der Waals surface area (Å²) in [5, 5.41) is 27.0. The van der Waals surface area contributed by atoms with Crippen LogP contribution in [0.4, 0.5) is 0 Å². The number of aryl methyl sites for hydroxylation is 1. The van der Waals surface area contributed by atoms with E-state index in [0.29, 0.717) is 24.1 Å². The summed E-state index contributed by atoms with van der Waals surface area (Å²) in [6, 6.07) is 24.1. The Labute approximate surface area is 297 Å². The van der Waals surface area contributed by atoms with Crippen molar-refractivity contribution in [2.24, 2.45) is 22.4 Å². The van der Waals surface area contributed by atoms with Crippen molar-refractivity contribution in [2.75, 3.05) is 6.54 Å². The SMILES string of the molecule is CCCN1C(=O)CC2C3CCc4cc(OS(N)(=O)=O)ccc4C3CC[C@]2(C)C1=O.N#Cc1ccc(C(c2ccc(C#N)cc2)n2cncn2)cc1. The molecule has 2 amide bonds. The number of nitrogens with two attached hydrogens (primary N) is 1. The molecule has 0 spiro atoms. The molecule has 0 radical (unpaired) electrons. The number of carbonyl (C=O) groups is 2. The number of aromatic nitrogens is 3. The molecule has 1 saturated carbocycles. The van der Waals surface area contributed by atoms with E-state index in [-0.39, 0.29) is 41.4 Å². The summed E-state index contributed by atoms with van der Waals surface area (Å²) in [6.07, 6.45) is 7.66. The van der Waals surface area contributed by atoms with Crippen molar-refractivity contribution in [3.63, 3.8) is 0 Å². The van der Waals surface area contributed by atoms with Gasteiger partial charge in [0.25, 0.3) is 0 Å². The number of carbonyl (C=O) groups excluding carboxylic acids is 2. The summed E-state index contributed by atoms with van der Waals surface area (Å²) in [6.45, 7) is 4.53. The topological polar surface area (TPSA) is 185 Å². The van der Waals surface area contributed by atoms with E-state index in [1.54, 1.807) is 47.4 Å². The molecule has 3 aromatic carbocycles. The number of benzene rings is 3. The number of hydrogen-bond acceptors (Lipinski definition) is 9. The van der Waals surface area contributed by atoms with Crippen LogP contribution in [0.3, 0.4) is 0 Å². The molecule has 13 heteroatoms. The summed E-state index contributed by atoms with van der Waals surface area (Å²) in [5.41, 5.74) is 4.99. The lowest BCUT2D eigenvalue weighted by molar-refractivity contribution is -0.167. The van der Waals surface area contributed by atoms with Crippen molar-refractivity contribution in [1.29, 1.82) is 10.5 Å². The smallest absolute Gasteiger partial charge is 0.371 e. The van der Waals surface area contributed by atoms with Crippen LogP contribution in [0.5, 0.6) is 5.75 Å². The first-order valence-electron chi connectivity index (χ1n) is 17.0. The Morgan fingerprint density at radius 2 is 1.65 bits per heavy atom. The second-order valence-corrected chi connectivity index (χ2v) is 14.8. The van der Waals surface area contributed by atoms with E-state index in [0.717, 1.165) is 48.8 Å². The number of fused-ring (bicyclic) bond motifs is 5. The third kappa shape index (κ3) is 7.27. The van der Waals surface area contributed by atoms with Crippen molar-refractivity contribution in [3.05, 3.63) is 113 Å². The van der Waals surface area contributed by atoms with Gasteiger partial charge in [-0.05, 0) is 109 Å². The van der Waals surface area contributed by atoms with Gasteiger partial charge in [0.15, 0.2) is 0 Å². The zero-order valence-electron chi connectivity index (χ0n) is 28.5. The monoisotopic (exact) mass is 705 g/mol. The van der Waals surface area contributed by atoms with Crippen LogP contribution in [-0.2, 0) is 26.3 Å². The highest BCUT2D eigenvalue weighted by Crippen LogP contribution is 2.58. The van der Waals surface area contributed by atoms with Gasteiger partial charge in [-0.1, -0.05) is 44.2 Å². The molecule has 2 heterocycles. The van der Waals surface area contributed by atoms with Crippen LogP contribution in [-0.4, -0.2) is 46.4 Å². The minimum atomic E-state index is -4.05. The molecule has 12 nitrogen and oxygen atoms in total. The standard InChI is InChI=1S/C21H28N2O5S.C17H11N5/c1-3-10-23-19(24)12-18-17-6-4-13-11-14(28-29(22,26)27)5-7-15(13)16(17)8-9-21(18,2)20(23)25;18-9-13-1-5-15(6-2-13)17(22-12-20-11-21-22)16-7-3-14(10-19)4-8-16/h5,7,11,16-18H,3-4,6,8-10,12H2,1-2H3,(H2,22,26,27);1-8,11-12,17H/t16?,17?,18?,21-;/m0./s1. The van der Waals surface area contributed by atoms with Gasteiger partial charge in [-0.2, -0.15) is 29.2 Å². The van der Waals surface area contributed by atoms with Gasteiger partial charge >= 0.3 is 10.3 Å². The van der Waals surface area contributed by atoms with E-state index in [9.17, 15) is 18.0 Å². The predicted molar refractivity (Wildman–Crippen MR) is 187 cm³/mol. The van der Waals surface area contributed by atoms with Crippen molar-refractivity contribution in [3.8, 4) is 17.9 Å². The zero-order chi connectivity index (χ0) is 36.3. The summed E-state index contributed by atoms with van der Waals surface area (Å²) < 4.78 is 29.0. The molecular weight excluding hydrogens is 667 g/mol. The van der Waals surface area contributed by atoms with Gasteiger partial charge < -0.3 is 4.18 Å². The Bertz CT molecular complexity index is 2050. The van der Waals surface area contributed by atoms with Crippen LogP contribution in [0.15, 0.2) is 79.4 Å². The molecule has 7 rings (SSSR count). The van der Waals surface area contributed by atoms with E-state index in [4.69, 9.17) is 19.8 Å². The van der Waals surface area contributed by atoms with Gasteiger partial charge in [-0.3, -0.25) is 14.5 Å². The normalized spacial score (nSPS) is 22.4. The maximum Gasteiger partial charge on any atom is 0.380 e. The number of imide groups is 1. The van der Waals surface area contributed by atoms with Gasteiger partial charge in [-0.25, -0.2) is 9.67 Å². The molecule has 1 aromatic heterocycles. The number of likely N-dealkylation sites (tertiary alicyclic amines) is 1. The van der Waals surface area contributed by atoms with E-state index >= 15 is 0 Å². The number of rotatable bonds is 7. The first-order chi connectivity index (χ1) is 24.5. The van der Waals surface area contributed by atoms with Crippen molar-refractivity contribution in [1.82, 2.24) is 19.7 Å². The lowest BCUT2D eigenvalue weighted by Gasteiger charge is -2.54. The number of nitriles is 2. The number of nitrogens with zero attached hydrogens (tertiary/aromatic N) is 6. The molecule has 1 saturated heterocycles. The second-order valence-electron chi connectivity index (χ2n) is 13.6. The third-order valence-corrected chi connectivity index (χ3v) is 11.0. The van der Waals surface area contributed by atoms with Crippen molar-refractivity contribution >= 4 is 22.1 Å². The summed E-state index contributed by atoms with van der Waals surface area (Å²) in [4.78, 5) is 31.4. The molecule has 1 aliphatic heterocycles. The highest BCUT2D eigenvalue weighted by atomic mass is 32.2. The highest BCUT2D eigenvalue weighted by Gasteiger charge is 2.57. The molecule has 3 aliphatic rings. The Morgan fingerprint density at radius 1 is 1.00 bits per heavy atom. The zero-order valence-corrected chi connectivity index (χ0v) is 29.3. The minimum Gasteiger partial charge on any atom is -0.371 e. The molecule has 0 bridgehead atoms. The third-order valence-electron chi connectivity index (χ3n) is 10.6. The molecule has 3 unspecified atom stereocenters. The first-order valence-corrected chi connectivity index (χ1v) is 18.5. The molecule has 2 N–H and O–H groups in total. The first kappa shape index (κ1) is 35.5. The van der Waals surface area contributed by atoms with Gasteiger partial charge in [-0.15, -0.1) is 0 Å². The van der Waals surface area contributed by atoms with E-state index in [1.807, 2.05) is 44.2 Å². The lowest BCUT2D eigenvalue weighted by atomic mass is 9.52. The van der Waals surface area contributed by atoms with Gasteiger partial charge in [0.05, 0.1) is 28.7 Å². The second kappa shape index (κ2) is 14.5. The minimum absolute atomic E-state index is 0.00162. The quantitative estimate of drug-likeness (QED) is 0.254. The molecule has 2 aliphatic carbocycles. The van der Waals surface area contributed by atoms with Gasteiger partial charge in [0, 0.05) is 13.0 Å². The molecular formula is C38H39N7O5S. The average Bonchev–Trinajstić information content (AvgIpc) is 3.65. The van der Waals surface area contributed by atoms with Crippen LogP contribution in [0.2, 0.25) is 0 Å². The molecule has 2 fully saturated rings. The number of amides is 2. The van der Waals surface area contributed by atoms with Crippen molar-refractivity contribution < 1.29 is 22.2 Å². The molecule has 4 atom stereocenters. The lowest BCUT2D eigenvalue weighted by Crippen LogP contribution is -2.59. The fourth-order valence-corrected chi connectivity index (χ4v) is 8.58. The molecule has 4 aromatic rings. The molecule has 262 valence electrons. The Morgan fingerprint density at radius 3 is 2.20 bits per heavy atom. The average molecular weight is 706 g/mol. The van der Waals surface area contributed by atoms with Gasteiger partial charge in [0.2, 0.25) is 11.8 Å². The van der Waals surface area contributed by atoms with Crippen LogP contribution < -0.4 is 9.32 Å². The largest absolute Gasteiger partial charge is 0.380 e. The van der Waals surface area contributed by atoms with Crippen LogP contribution in [0.1, 0.15) is 91.3 Å². The maximum absolute atomic E-state index is 13.2. The summed E-state index contributed by atoms with van der Waals surface area (Å²) in [5.74, 6) is 0.803. The Hall–Kier alpha value is -5.37. The number of hydrogen-bond donors (Lipinski definition) is 1. The fraction of sp³-hybridized carbons (Fsp3) is 0.368. The Balaban J connectivity index is 0.000000183. The van der Waals surface area contributed by atoms with E-state index in [2.05, 4.69) is 22.2 Å². The van der Waals surface area contributed by atoms with Gasteiger partial charge in [0.1, 0.15) is 24.4 Å². The summed E-state index contributed by atoms with van der Waals surface area (Å²) >= 11 is 0. The van der Waals surface area contributed by atoms with Crippen LogP contribution in [0, 0.1) is 39.9 Å². The van der Waals surface area contributed by atoms with Crippen LogP contribution >= 0.6 is 0 Å². The maximum atomic E-state index is 13.2. The number of piperidine rings is 1. The van der Waals surface area contributed by atoms with E-state index < -0.39 is 15.7 Å². The summed E-state index contributed by atoms with van der Waals surface area (Å²) in [7, 11) is -4.05. The highest BCUT2D eigenvalue weighted by molar-refractivity contribution is 7.84.